The lowest BCUT2D eigenvalue weighted by atomic mass is 10.2. The molecular weight excluding hydrogens is 356 g/mol. The van der Waals surface area contributed by atoms with Gasteiger partial charge in [0.2, 0.25) is 5.95 Å². The molecule has 1 aliphatic carbocycles. The van der Waals surface area contributed by atoms with Gasteiger partial charge in [0.15, 0.2) is 0 Å². The molecule has 0 N–H and O–H groups in total. The standard InChI is InChI=1S/C20H22N6S/c1-2-16(1)19-23-17(14-27-19)13-25-9-11-26(12-10-25)20-22-8-5-18(24-20)15-3-6-21-7-4-15/h3-8,14,16H,1-2,9-13H2. The molecule has 1 aliphatic heterocycles. The van der Waals surface area contributed by atoms with Crippen LogP contribution in [0.5, 0.6) is 0 Å². The van der Waals surface area contributed by atoms with Crippen molar-refractivity contribution < 1.29 is 0 Å². The number of thiazole rings is 1. The number of aromatic nitrogens is 4. The molecule has 5 rings (SSSR count). The van der Waals surface area contributed by atoms with Crippen molar-refractivity contribution in [3.8, 4) is 11.3 Å². The smallest absolute Gasteiger partial charge is 0.225 e. The summed E-state index contributed by atoms with van der Waals surface area (Å²) < 4.78 is 0. The minimum atomic E-state index is 0.755. The van der Waals surface area contributed by atoms with E-state index in [1.165, 1.54) is 23.5 Å². The van der Waals surface area contributed by atoms with Gasteiger partial charge in [-0.15, -0.1) is 11.3 Å². The zero-order chi connectivity index (χ0) is 18.1. The van der Waals surface area contributed by atoms with Gasteiger partial charge in [-0.1, -0.05) is 0 Å². The van der Waals surface area contributed by atoms with E-state index in [9.17, 15) is 0 Å². The number of rotatable bonds is 5. The van der Waals surface area contributed by atoms with E-state index in [1.807, 2.05) is 35.7 Å². The molecule has 3 aromatic heterocycles. The summed E-state index contributed by atoms with van der Waals surface area (Å²) in [5.74, 6) is 1.57. The Balaban J connectivity index is 1.21. The molecule has 0 unspecified atom stereocenters. The van der Waals surface area contributed by atoms with E-state index in [0.717, 1.165) is 55.8 Å². The fraction of sp³-hybridized carbons (Fsp3) is 0.400. The van der Waals surface area contributed by atoms with Gasteiger partial charge in [0.25, 0.3) is 0 Å². The maximum Gasteiger partial charge on any atom is 0.225 e. The number of piperazine rings is 1. The Bertz CT molecular complexity index is 900. The van der Waals surface area contributed by atoms with Crippen molar-refractivity contribution in [2.24, 2.45) is 0 Å². The highest BCUT2D eigenvalue weighted by Crippen LogP contribution is 2.41. The lowest BCUT2D eigenvalue weighted by Crippen LogP contribution is -2.46. The number of pyridine rings is 1. The van der Waals surface area contributed by atoms with Gasteiger partial charge in [0.1, 0.15) is 0 Å². The third-order valence-electron chi connectivity index (χ3n) is 5.16. The van der Waals surface area contributed by atoms with Crippen molar-refractivity contribution in [3.05, 3.63) is 52.9 Å². The van der Waals surface area contributed by atoms with Gasteiger partial charge in [-0.2, -0.15) is 0 Å². The molecule has 0 aromatic carbocycles. The van der Waals surface area contributed by atoms with Crippen molar-refractivity contribution in [1.29, 1.82) is 0 Å². The minimum Gasteiger partial charge on any atom is -0.338 e. The van der Waals surface area contributed by atoms with Crippen LogP contribution in [-0.2, 0) is 6.54 Å². The number of hydrogen-bond donors (Lipinski definition) is 0. The Hall–Kier alpha value is -2.38. The molecule has 1 saturated carbocycles. The van der Waals surface area contributed by atoms with Crippen molar-refractivity contribution in [2.45, 2.75) is 25.3 Å². The number of hydrogen-bond acceptors (Lipinski definition) is 7. The predicted molar refractivity (Wildman–Crippen MR) is 107 cm³/mol. The van der Waals surface area contributed by atoms with Crippen molar-refractivity contribution >= 4 is 17.3 Å². The van der Waals surface area contributed by atoms with E-state index in [4.69, 9.17) is 9.97 Å². The van der Waals surface area contributed by atoms with Gasteiger partial charge in [-0.25, -0.2) is 15.0 Å². The Morgan fingerprint density at radius 2 is 1.78 bits per heavy atom. The molecule has 4 heterocycles. The van der Waals surface area contributed by atoms with E-state index < -0.39 is 0 Å². The maximum atomic E-state index is 4.82. The molecule has 7 heteroatoms. The first-order valence-electron chi connectivity index (χ1n) is 9.50. The second-order valence-corrected chi connectivity index (χ2v) is 8.08. The molecule has 0 radical (unpaired) electrons. The largest absolute Gasteiger partial charge is 0.338 e. The number of nitrogens with zero attached hydrogens (tertiary/aromatic N) is 6. The Labute approximate surface area is 162 Å². The molecule has 6 nitrogen and oxygen atoms in total. The molecule has 27 heavy (non-hydrogen) atoms. The Morgan fingerprint density at radius 1 is 0.963 bits per heavy atom. The first-order valence-corrected chi connectivity index (χ1v) is 10.4. The van der Waals surface area contributed by atoms with Gasteiger partial charge >= 0.3 is 0 Å². The second-order valence-electron chi connectivity index (χ2n) is 7.19. The third-order valence-corrected chi connectivity index (χ3v) is 6.21. The molecule has 0 bridgehead atoms. The maximum absolute atomic E-state index is 4.82. The van der Waals surface area contributed by atoms with Crippen LogP contribution in [0.2, 0.25) is 0 Å². The molecule has 138 valence electrons. The summed E-state index contributed by atoms with van der Waals surface area (Å²) in [6, 6.07) is 5.91. The van der Waals surface area contributed by atoms with E-state index in [2.05, 4.69) is 25.1 Å². The summed E-state index contributed by atoms with van der Waals surface area (Å²) >= 11 is 1.83. The SMILES string of the molecule is c1cc(-c2ccnc(N3CCN(Cc4csc(C5CC5)n4)CC3)n2)ccn1. The normalized spacial score (nSPS) is 18.0. The molecule has 2 aliphatic rings. The molecule has 0 spiro atoms. The zero-order valence-corrected chi connectivity index (χ0v) is 16.0. The van der Waals surface area contributed by atoms with E-state index >= 15 is 0 Å². The van der Waals surface area contributed by atoms with Crippen molar-refractivity contribution in [2.75, 3.05) is 31.1 Å². The van der Waals surface area contributed by atoms with Gasteiger partial charge in [0, 0.05) is 68.2 Å². The Morgan fingerprint density at radius 3 is 2.56 bits per heavy atom. The Kier molecular flexibility index (Phi) is 4.55. The first kappa shape index (κ1) is 16.8. The molecular formula is C20H22N6S. The highest BCUT2D eigenvalue weighted by molar-refractivity contribution is 7.09. The number of anilines is 1. The predicted octanol–water partition coefficient (Wildman–Crippen LogP) is 3.19. The highest BCUT2D eigenvalue weighted by Gasteiger charge is 2.27. The zero-order valence-electron chi connectivity index (χ0n) is 15.2. The molecule has 0 amide bonds. The van der Waals surface area contributed by atoms with Gasteiger partial charge < -0.3 is 4.90 Å². The average molecular weight is 379 g/mol. The van der Waals surface area contributed by atoms with Gasteiger partial charge in [-0.05, 0) is 31.0 Å². The summed E-state index contributed by atoms with van der Waals surface area (Å²) in [6.45, 7) is 4.87. The third kappa shape index (κ3) is 3.84. The lowest BCUT2D eigenvalue weighted by molar-refractivity contribution is 0.246. The van der Waals surface area contributed by atoms with Crippen molar-refractivity contribution in [3.63, 3.8) is 0 Å². The van der Waals surface area contributed by atoms with Crippen LogP contribution in [0.4, 0.5) is 5.95 Å². The van der Waals surface area contributed by atoms with E-state index in [0.29, 0.717) is 0 Å². The molecule has 0 atom stereocenters. The van der Waals surface area contributed by atoms with E-state index in [1.54, 1.807) is 12.4 Å². The van der Waals surface area contributed by atoms with Crippen LogP contribution in [0.25, 0.3) is 11.3 Å². The van der Waals surface area contributed by atoms with Crippen LogP contribution < -0.4 is 4.90 Å². The van der Waals surface area contributed by atoms with Crippen LogP contribution in [-0.4, -0.2) is 51.0 Å². The molecule has 2 fully saturated rings. The fourth-order valence-electron chi connectivity index (χ4n) is 3.43. The quantitative estimate of drug-likeness (QED) is 0.680. The lowest BCUT2D eigenvalue weighted by Gasteiger charge is -2.34. The van der Waals surface area contributed by atoms with Gasteiger partial charge in [-0.3, -0.25) is 9.88 Å². The second kappa shape index (κ2) is 7.32. The summed E-state index contributed by atoms with van der Waals surface area (Å²) in [4.78, 5) is 22.9. The van der Waals surface area contributed by atoms with Crippen LogP contribution >= 0.6 is 11.3 Å². The minimum absolute atomic E-state index is 0.755. The van der Waals surface area contributed by atoms with Crippen LogP contribution in [0.3, 0.4) is 0 Å². The van der Waals surface area contributed by atoms with Crippen molar-refractivity contribution in [1.82, 2.24) is 24.8 Å². The van der Waals surface area contributed by atoms with E-state index in [-0.39, 0.29) is 0 Å². The monoisotopic (exact) mass is 378 g/mol. The molecule has 1 saturated heterocycles. The van der Waals surface area contributed by atoms with Crippen LogP contribution in [0, 0.1) is 0 Å². The summed E-state index contributed by atoms with van der Waals surface area (Å²) in [6.07, 6.45) is 8.08. The summed E-state index contributed by atoms with van der Waals surface area (Å²) in [5, 5.41) is 3.58. The fourth-order valence-corrected chi connectivity index (χ4v) is 4.41. The highest BCUT2D eigenvalue weighted by atomic mass is 32.1. The van der Waals surface area contributed by atoms with Crippen LogP contribution in [0.1, 0.15) is 29.5 Å². The van der Waals surface area contributed by atoms with Crippen LogP contribution in [0.15, 0.2) is 42.2 Å². The molecule has 3 aromatic rings. The topological polar surface area (TPSA) is 58.0 Å². The first-order chi connectivity index (χ1) is 13.3. The average Bonchev–Trinajstić information content (AvgIpc) is 3.49. The summed E-state index contributed by atoms with van der Waals surface area (Å²) in [5.41, 5.74) is 3.24. The van der Waals surface area contributed by atoms with Gasteiger partial charge in [0.05, 0.1) is 16.4 Å². The summed E-state index contributed by atoms with van der Waals surface area (Å²) in [7, 11) is 0.